The maximum Gasteiger partial charge on any atom is 0.216 e. The van der Waals surface area contributed by atoms with Crippen LogP contribution in [0.4, 0.5) is 4.39 Å². The molecule has 21 heavy (non-hydrogen) atoms. The Hall–Kier alpha value is -0.690. The van der Waals surface area contributed by atoms with Gasteiger partial charge in [-0.15, -0.1) is 0 Å². The third-order valence-electron chi connectivity index (χ3n) is 3.84. The van der Waals surface area contributed by atoms with Gasteiger partial charge in [0.05, 0.1) is 11.9 Å². The lowest BCUT2D eigenvalue weighted by molar-refractivity contribution is 0.0277. The average molecular weight is 336 g/mol. The predicted molar refractivity (Wildman–Crippen MR) is 80.0 cm³/mol. The summed E-state index contributed by atoms with van der Waals surface area (Å²) >= 11 is 5.90. The fourth-order valence-electron chi connectivity index (χ4n) is 2.60. The Morgan fingerprint density at radius 1 is 1.48 bits per heavy atom. The molecule has 1 aliphatic carbocycles. The summed E-state index contributed by atoms with van der Waals surface area (Å²) < 4.78 is 40.2. The highest BCUT2D eigenvalue weighted by molar-refractivity contribution is 7.88. The molecule has 0 bridgehead atoms. The highest BCUT2D eigenvalue weighted by atomic mass is 35.5. The second-order valence-corrected chi connectivity index (χ2v) is 7.67. The van der Waals surface area contributed by atoms with Crippen molar-refractivity contribution in [1.82, 2.24) is 4.72 Å². The van der Waals surface area contributed by atoms with Crippen molar-refractivity contribution in [3.8, 4) is 0 Å². The molecule has 2 rings (SSSR count). The lowest BCUT2D eigenvalue weighted by Crippen LogP contribution is -2.46. The van der Waals surface area contributed by atoms with Crippen LogP contribution >= 0.6 is 11.6 Å². The largest absolute Gasteiger partial charge is 0.393 e. The van der Waals surface area contributed by atoms with Crippen molar-refractivity contribution in [3.63, 3.8) is 0 Å². The lowest BCUT2D eigenvalue weighted by atomic mass is 9.77. The number of aliphatic hydroxyl groups is 1. The van der Waals surface area contributed by atoms with Crippen LogP contribution in [0, 0.1) is 11.7 Å². The molecule has 0 aliphatic heterocycles. The molecule has 2 N–H and O–H groups in total. The minimum atomic E-state index is -3.61. The number of nitrogens with one attached hydrogen (secondary N) is 1. The van der Waals surface area contributed by atoms with Gasteiger partial charge in [-0.3, -0.25) is 0 Å². The van der Waals surface area contributed by atoms with E-state index >= 15 is 0 Å². The average Bonchev–Trinajstić information content (AvgIpc) is 2.36. The van der Waals surface area contributed by atoms with Crippen molar-refractivity contribution in [2.45, 2.75) is 44.1 Å². The summed E-state index contributed by atoms with van der Waals surface area (Å²) in [5.41, 5.74) is 0.243. The second kappa shape index (κ2) is 6.60. The highest BCUT2D eigenvalue weighted by Gasteiger charge is 2.35. The van der Waals surface area contributed by atoms with Gasteiger partial charge in [0, 0.05) is 11.1 Å². The van der Waals surface area contributed by atoms with Crippen LogP contribution in [0.15, 0.2) is 18.2 Å². The third kappa shape index (κ3) is 4.39. The molecule has 0 radical (unpaired) electrons. The molecule has 0 aromatic heterocycles. The van der Waals surface area contributed by atoms with Gasteiger partial charge in [0.15, 0.2) is 0 Å². The summed E-state index contributed by atoms with van der Waals surface area (Å²) in [7, 11) is -3.61. The maximum absolute atomic E-state index is 13.2. The minimum absolute atomic E-state index is 0.155. The van der Waals surface area contributed by atoms with E-state index in [1.54, 1.807) is 0 Å². The molecule has 1 aliphatic rings. The monoisotopic (exact) mass is 335 g/mol. The van der Waals surface area contributed by atoms with E-state index in [1.807, 2.05) is 6.92 Å². The summed E-state index contributed by atoms with van der Waals surface area (Å²) in [4.78, 5) is 0. The molecule has 0 unspecified atom stereocenters. The first kappa shape index (κ1) is 16.7. The molecular weight excluding hydrogens is 317 g/mol. The first-order valence-corrected chi connectivity index (χ1v) is 8.95. The Balaban J connectivity index is 2.05. The van der Waals surface area contributed by atoms with Crippen molar-refractivity contribution in [3.05, 3.63) is 34.6 Å². The fraction of sp³-hybridized carbons (Fsp3) is 0.571. The van der Waals surface area contributed by atoms with Crippen molar-refractivity contribution in [2.24, 2.45) is 5.92 Å². The number of hydrogen-bond acceptors (Lipinski definition) is 3. The Labute approximate surface area is 129 Å². The molecular formula is C14H19ClFNO3S. The summed E-state index contributed by atoms with van der Waals surface area (Å²) in [5, 5.41) is 9.56. The zero-order chi connectivity index (χ0) is 15.6. The van der Waals surface area contributed by atoms with Gasteiger partial charge < -0.3 is 5.11 Å². The molecule has 0 saturated heterocycles. The van der Waals surface area contributed by atoms with Gasteiger partial charge in [0.1, 0.15) is 5.82 Å². The summed E-state index contributed by atoms with van der Waals surface area (Å²) in [5.74, 6) is -0.712. The molecule has 1 atom stereocenters. The smallest absolute Gasteiger partial charge is 0.216 e. The molecule has 0 heterocycles. The zero-order valence-corrected chi connectivity index (χ0v) is 13.3. The third-order valence-corrected chi connectivity index (χ3v) is 5.56. The van der Waals surface area contributed by atoms with Gasteiger partial charge in [-0.2, -0.15) is 0 Å². The minimum Gasteiger partial charge on any atom is -0.393 e. The lowest BCUT2D eigenvalue weighted by Gasteiger charge is -2.37. The first-order valence-electron chi connectivity index (χ1n) is 6.92. The van der Waals surface area contributed by atoms with E-state index in [4.69, 9.17) is 11.6 Å². The van der Waals surface area contributed by atoms with E-state index < -0.39 is 15.8 Å². The number of rotatable bonds is 6. The Morgan fingerprint density at radius 3 is 2.71 bits per heavy atom. The maximum atomic E-state index is 13.2. The molecule has 1 saturated carbocycles. The van der Waals surface area contributed by atoms with Crippen molar-refractivity contribution < 1.29 is 17.9 Å². The number of sulfonamides is 1. The molecule has 7 heteroatoms. The van der Waals surface area contributed by atoms with Gasteiger partial charge in [-0.1, -0.05) is 18.5 Å². The van der Waals surface area contributed by atoms with Crippen LogP contribution < -0.4 is 4.72 Å². The van der Waals surface area contributed by atoms with E-state index in [1.165, 1.54) is 12.1 Å². The number of halogens is 2. The summed E-state index contributed by atoms with van der Waals surface area (Å²) in [6.07, 6.45) is 1.54. The standard InChI is InChI=1S/C14H19ClFNO3S/c1-2-14(9-6-12(18)7-9)17-21(19,20)8-10-5-11(16)3-4-13(10)15/h3-5,9,12,14,17-18H,2,6-8H2,1H3/t9?,12?,14-/m1/s1. The van der Waals surface area contributed by atoms with Crippen LogP contribution in [0.1, 0.15) is 31.7 Å². The quantitative estimate of drug-likeness (QED) is 0.839. The van der Waals surface area contributed by atoms with E-state index in [0.717, 1.165) is 6.07 Å². The number of hydrogen-bond donors (Lipinski definition) is 2. The van der Waals surface area contributed by atoms with Gasteiger partial charge >= 0.3 is 0 Å². The molecule has 0 amide bonds. The van der Waals surface area contributed by atoms with Crippen molar-refractivity contribution >= 4 is 21.6 Å². The molecule has 0 spiro atoms. The summed E-state index contributed by atoms with van der Waals surface area (Å²) in [6.45, 7) is 1.90. The normalized spacial score (nSPS) is 23.6. The molecule has 4 nitrogen and oxygen atoms in total. The second-order valence-electron chi connectivity index (χ2n) is 5.51. The topological polar surface area (TPSA) is 66.4 Å². The molecule has 1 fully saturated rings. The Kier molecular flexibility index (Phi) is 5.24. The van der Waals surface area contributed by atoms with E-state index in [2.05, 4.69) is 4.72 Å². The van der Waals surface area contributed by atoms with Gasteiger partial charge in [0.2, 0.25) is 10.0 Å². The van der Waals surface area contributed by atoms with Crippen LogP contribution in [0.2, 0.25) is 5.02 Å². The summed E-state index contributed by atoms with van der Waals surface area (Å²) in [6, 6.07) is 3.47. The van der Waals surface area contributed by atoms with E-state index in [0.29, 0.717) is 19.3 Å². The molecule has 1 aromatic rings. The van der Waals surface area contributed by atoms with Crippen LogP contribution in [0.25, 0.3) is 0 Å². The van der Waals surface area contributed by atoms with Crippen molar-refractivity contribution in [1.29, 1.82) is 0 Å². The fourth-order valence-corrected chi connectivity index (χ4v) is 4.42. The molecule has 118 valence electrons. The van der Waals surface area contributed by atoms with Crippen LogP contribution in [-0.2, 0) is 15.8 Å². The van der Waals surface area contributed by atoms with E-state index in [9.17, 15) is 17.9 Å². The molecule has 1 aromatic carbocycles. The SMILES string of the molecule is CC[C@@H](NS(=O)(=O)Cc1cc(F)ccc1Cl)C1CC(O)C1. The van der Waals surface area contributed by atoms with Crippen LogP contribution in [0.5, 0.6) is 0 Å². The van der Waals surface area contributed by atoms with Crippen LogP contribution in [-0.4, -0.2) is 25.7 Å². The number of aliphatic hydroxyl groups excluding tert-OH is 1. The first-order chi connectivity index (χ1) is 9.80. The Bertz CT molecular complexity index is 602. The van der Waals surface area contributed by atoms with Gasteiger partial charge in [-0.05, 0) is 48.9 Å². The van der Waals surface area contributed by atoms with Gasteiger partial charge in [0.25, 0.3) is 0 Å². The van der Waals surface area contributed by atoms with E-state index in [-0.39, 0.29) is 34.4 Å². The van der Waals surface area contributed by atoms with Crippen molar-refractivity contribution in [2.75, 3.05) is 0 Å². The van der Waals surface area contributed by atoms with Crippen LogP contribution in [0.3, 0.4) is 0 Å². The Morgan fingerprint density at radius 2 is 2.14 bits per heavy atom. The van der Waals surface area contributed by atoms with Gasteiger partial charge in [-0.25, -0.2) is 17.5 Å². The zero-order valence-electron chi connectivity index (χ0n) is 11.7. The highest BCUT2D eigenvalue weighted by Crippen LogP contribution is 2.32. The predicted octanol–water partition coefficient (Wildman–Crippen LogP) is 2.45. The number of benzene rings is 1.